The van der Waals surface area contributed by atoms with Gasteiger partial charge in [0.2, 0.25) is 0 Å². The van der Waals surface area contributed by atoms with Gasteiger partial charge >= 0.3 is 5.97 Å². The van der Waals surface area contributed by atoms with Crippen LogP contribution < -0.4 is 10.7 Å². The topological polar surface area (TPSA) is 97.4 Å². The number of fused-ring (bicyclic) bond motifs is 2. The zero-order valence-corrected chi connectivity index (χ0v) is 19.9. The smallest absolute Gasteiger partial charge is 0.337 e. The van der Waals surface area contributed by atoms with Gasteiger partial charge in [-0.2, -0.15) is 5.10 Å². The van der Waals surface area contributed by atoms with E-state index in [1.54, 1.807) is 24.3 Å². The lowest BCUT2D eigenvalue weighted by molar-refractivity contribution is 0.0698. The Balaban J connectivity index is 1.65. The number of rotatable bonds is 5. The summed E-state index contributed by atoms with van der Waals surface area (Å²) >= 11 is 0. The molecule has 0 bridgehead atoms. The molecule has 176 valence electrons. The molecule has 0 fully saturated rings. The molecule has 0 amide bonds. The summed E-state index contributed by atoms with van der Waals surface area (Å²) in [6.07, 6.45) is 0. The SMILES string of the molecule is Cc1cc(C(C)Nc2ccccc2C(=O)O)c2oc(-c3ccc4c(c3)c(C)nn4C)cc(=O)c2c1. The average Bonchev–Trinajstić information content (AvgIpc) is 3.11. The summed E-state index contributed by atoms with van der Waals surface area (Å²) in [6, 6.07) is 17.6. The fourth-order valence-electron chi connectivity index (χ4n) is 4.60. The molecule has 2 heterocycles. The van der Waals surface area contributed by atoms with Crippen LogP contribution in [-0.4, -0.2) is 20.9 Å². The Labute approximate surface area is 201 Å². The molecular formula is C28H25N3O4. The van der Waals surface area contributed by atoms with Gasteiger partial charge in [-0.05, 0) is 62.7 Å². The van der Waals surface area contributed by atoms with Crippen LogP contribution in [0.3, 0.4) is 0 Å². The molecule has 0 saturated heterocycles. The fourth-order valence-corrected chi connectivity index (χ4v) is 4.60. The van der Waals surface area contributed by atoms with Gasteiger partial charge in [-0.25, -0.2) is 4.79 Å². The first-order valence-corrected chi connectivity index (χ1v) is 11.3. The van der Waals surface area contributed by atoms with Crippen LogP contribution in [0.5, 0.6) is 0 Å². The Hall–Kier alpha value is -4.39. The van der Waals surface area contributed by atoms with Gasteiger partial charge in [0.1, 0.15) is 11.3 Å². The van der Waals surface area contributed by atoms with E-state index < -0.39 is 5.97 Å². The maximum atomic E-state index is 13.2. The fraction of sp³-hybridized carbons (Fsp3) is 0.179. The van der Waals surface area contributed by atoms with Gasteiger partial charge in [0.25, 0.3) is 0 Å². The Kier molecular flexibility index (Phi) is 5.40. The van der Waals surface area contributed by atoms with Crippen LogP contribution in [0.15, 0.2) is 69.9 Å². The summed E-state index contributed by atoms with van der Waals surface area (Å²) in [5.41, 5.74) is 5.41. The molecule has 2 aromatic heterocycles. The van der Waals surface area contributed by atoms with Crippen molar-refractivity contribution in [1.29, 1.82) is 0 Å². The van der Waals surface area contributed by atoms with E-state index in [0.717, 1.165) is 33.3 Å². The number of benzene rings is 3. The third kappa shape index (κ3) is 3.95. The van der Waals surface area contributed by atoms with Crippen molar-refractivity contribution >= 4 is 33.5 Å². The highest BCUT2D eigenvalue weighted by Crippen LogP contribution is 2.32. The Morgan fingerprint density at radius 2 is 1.83 bits per heavy atom. The van der Waals surface area contributed by atoms with Crippen LogP contribution >= 0.6 is 0 Å². The van der Waals surface area contributed by atoms with Crippen molar-refractivity contribution in [2.45, 2.75) is 26.8 Å². The van der Waals surface area contributed by atoms with Gasteiger partial charge in [0.15, 0.2) is 5.43 Å². The first-order chi connectivity index (χ1) is 16.7. The molecule has 2 N–H and O–H groups in total. The summed E-state index contributed by atoms with van der Waals surface area (Å²) < 4.78 is 8.19. The number of carboxylic acids is 1. The van der Waals surface area contributed by atoms with Gasteiger partial charge in [-0.15, -0.1) is 0 Å². The highest BCUT2D eigenvalue weighted by molar-refractivity contribution is 5.94. The van der Waals surface area contributed by atoms with Crippen LogP contribution in [0.4, 0.5) is 5.69 Å². The van der Waals surface area contributed by atoms with Crippen LogP contribution in [0.25, 0.3) is 33.2 Å². The van der Waals surface area contributed by atoms with Gasteiger partial charge in [-0.1, -0.05) is 18.2 Å². The molecule has 0 spiro atoms. The summed E-state index contributed by atoms with van der Waals surface area (Å²) in [4.78, 5) is 24.8. The number of anilines is 1. The van der Waals surface area contributed by atoms with Crippen LogP contribution in [0, 0.1) is 13.8 Å². The molecule has 35 heavy (non-hydrogen) atoms. The standard InChI is InChI=1S/C28H25N3O4/c1-15-11-21(16(2)29-23-8-6-5-7-19(23)28(33)34)27-22(12-15)25(32)14-26(35-27)18-9-10-24-20(13-18)17(3)30-31(24)4/h5-14,16,29H,1-4H3,(H,33,34). The minimum Gasteiger partial charge on any atom is -0.478 e. The number of aromatic carboxylic acids is 1. The molecule has 7 heteroatoms. The first-order valence-electron chi connectivity index (χ1n) is 11.3. The van der Waals surface area contributed by atoms with Gasteiger partial charge in [-0.3, -0.25) is 9.48 Å². The number of nitrogens with one attached hydrogen (secondary N) is 1. The molecule has 1 unspecified atom stereocenters. The van der Waals surface area contributed by atoms with E-state index in [9.17, 15) is 14.7 Å². The highest BCUT2D eigenvalue weighted by Gasteiger charge is 2.19. The third-order valence-electron chi connectivity index (χ3n) is 6.32. The second kappa shape index (κ2) is 8.43. The maximum absolute atomic E-state index is 13.2. The summed E-state index contributed by atoms with van der Waals surface area (Å²) in [7, 11) is 1.90. The van der Waals surface area contributed by atoms with Gasteiger partial charge in [0, 0.05) is 35.3 Å². The molecule has 0 aliphatic rings. The number of hydrogen-bond donors (Lipinski definition) is 2. The van der Waals surface area contributed by atoms with Crippen molar-refractivity contribution in [2.24, 2.45) is 7.05 Å². The number of aryl methyl sites for hydroxylation is 3. The molecule has 0 saturated carbocycles. The van der Waals surface area contributed by atoms with E-state index >= 15 is 0 Å². The minimum absolute atomic E-state index is 0.132. The second-order valence-corrected chi connectivity index (χ2v) is 8.86. The molecule has 1 atom stereocenters. The van der Waals surface area contributed by atoms with Crippen molar-refractivity contribution in [2.75, 3.05) is 5.32 Å². The second-order valence-electron chi connectivity index (χ2n) is 8.86. The molecule has 3 aromatic carbocycles. The molecule has 7 nitrogen and oxygen atoms in total. The predicted molar refractivity (Wildman–Crippen MR) is 137 cm³/mol. The zero-order chi connectivity index (χ0) is 24.9. The Bertz CT molecular complexity index is 1680. The van der Waals surface area contributed by atoms with Crippen LogP contribution in [0.2, 0.25) is 0 Å². The van der Waals surface area contributed by atoms with Crippen LogP contribution in [-0.2, 0) is 7.05 Å². The normalized spacial score (nSPS) is 12.2. The summed E-state index contributed by atoms with van der Waals surface area (Å²) in [6.45, 7) is 5.80. The van der Waals surface area contributed by atoms with E-state index in [1.807, 2.05) is 62.8 Å². The number of carbonyl (C=O) groups is 1. The zero-order valence-electron chi connectivity index (χ0n) is 19.9. The van der Waals surface area contributed by atoms with Crippen molar-refractivity contribution in [3.8, 4) is 11.3 Å². The van der Waals surface area contributed by atoms with Gasteiger partial charge < -0.3 is 14.8 Å². The molecule has 5 rings (SSSR count). The number of carboxylic acid groups (broad SMARTS) is 1. The lowest BCUT2D eigenvalue weighted by atomic mass is 10.00. The maximum Gasteiger partial charge on any atom is 0.337 e. The van der Waals surface area contributed by atoms with Crippen molar-refractivity contribution in [3.63, 3.8) is 0 Å². The lowest BCUT2D eigenvalue weighted by Crippen LogP contribution is -2.12. The average molecular weight is 468 g/mol. The minimum atomic E-state index is -1.01. The van der Waals surface area contributed by atoms with Crippen molar-refractivity contribution in [1.82, 2.24) is 9.78 Å². The van der Waals surface area contributed by atoms with E-state index in [0.29, 0.717) is 22.4 Å². The van der Waals surface area contributed by atoms with Crippen molar-refractivity contribution in [3.05, 3.63) is 93.3 Å². The first kappa shape index (κ1) is 22.4. The number of para-hydroxylation sites is 1. The quantitative estimate of drug-likeness (QED) is 0.337. The highest BCUT2D eigenvalue weighted by atomic mass is 16.4. The molecule has 0 radical (unpaired) electrons. The van der Waals surface area contributed by atoms with E-state index in [4.69, 9.17) is 4.42 Å². The molecule has 0 aliphatic heterocycles. The van der Waals surface area contributed by atoms with Crippen molar-refractivity contribution < 1.29 is 14.3 Å². The molecule has 5 aromatic rings. The number of nitrogens with zero attached hydrogens (tertiary/aromatic N) is 2. The number of aromatic nitrogens is 2. The summed E-state index contributed by atoms with van der Waals surface area (Å²) in [5.74, 6) is -0.541. The van der Waals surface area contributed by atoms with E-state index in [2.05, 4.69) is 10.4 Å². The lowest BCUT2D eigenvalue weighted by Gasteiger charge is -2.19. The monoisotopic (exact) mass is 467 g/mol. The predicted octanol–water partition coefficient (Wildman–Crippen LogP) is 5.83. The third-order valence-corrected chi connectivity index (χ3v) is 6.32. The van der Waals surface area contributed by atoms with E-state index in [-0.39, 0.29) is 17.0 Å². The van der Waals surface area contributed by atoms with Crippen LogP contribution in [0.1, 0.15) is 40.1 Å². The van der Waals surface area contributed by atoms with E-state index in [1.165, 1.54) is 6.07 Å². The summed E-state index contributed by atoms with van der Waals surface area (Å²) in [5, 5.41) is 18.8. The Morgan fingerprint density at radius 1 is 1.06 bits per heavy atom. The Morgan fingerprint density at radius 3 is 2.60 bits per heavy atom. The molecule has 0 aliphatic carbocycles. The largest absolute Gasteiger partial charge is 0.478 e. The number of hydrogen-bond acceptors (Lipinski definition) is 5. The van der Waals surface area contributed by atoms with Gasteiger partial charge in [0.05, 0.1) is 28.2 Å². The molecular weight excluding hydrogens is 442 g/mol.